The number of rotatable bonds is 9. The number of carbonyl (C=O) groups excluding carboxylic acids is 2. The number of pyridine rings is 1. The average Bonchev–Trinajstić information content (AvgIpc) is 3.66. The third-order valence-corrected chi connectivity index (χ3v) is 8.29. The lowest BCUT2D eigenvalue weighted by atomic mass is 10.0. The van der Waals surface area contributed by atoms with Crippen LogP contribution in [-0.4, -0.2) is 62.0 Å². The normalized spacial score (nSPS) is 13.5. The number of ketones is 1. The predicted molar refractivity (Wildman–Crippen MR) is 173 cm³/mol. The van der Waals surface area contributed by atoms with Crippen molar-refractivity contribution in [3.63, 3.8) is 0 Å². The number of benzene rings is 3. The Bertz CT molecular complexity index is 2110. The number of aliphatic hydroxyl groups is 1. The minimum absolute atomic E-state index is 0.120. The molecule has 13 heteroatoms. The van der Waals surface area contributed by atoms with Gasteiger partial charge >= 0.3 is 0 Å². The molecule has 0 bridgehead atoms. The van der Waals surface area contributed by atoms with Gasteiger partial charge in [-0.25, -0.2) is 22.5 Å². The Hall–Kier alpha value is -5.98. The van der Waals surface area contributed by atoms with Crippen molar-refractivity contribution in [3.05, 3.63) is 154 Å². The zero-order chi connectivity index (χ0) is 34.7. The molecule has 3 aromatic carbocycles. The first-order valence-corrected chi connectivity index (χ1v) is 15.3. The van der Waals surface area contributed by atoms with E-state index in [-0.39, 0.29) is 42.7 Å². The number of anilines is 1. The summed E-state index contributed by atoms with van der Waals surface area (Å²) in [4.78, 5) is 47.0. The highest BCUT2D eigenvalue weighted by molar-refractivity contribution is 6.41. The number of carbonyl (C=O) groups is 2. The van der Waals surface area contributed by atoms with E-state index in [0.717, 1.165) is 34.1 Å². The fourth-order valence-electron chi connectivity index (χ4n) is 5.66. The Morgan fingerprint density at radius 3 is 2.24 bits per heavy atom. The van der Waals surface area contributed by atoms with Crippen LogP contribution in [0.25, 0.3) is 11.4 Å². The second-order valence-electron chi connectivity index (χ2n) is 11.5. The van der Waals surface area contributed by atoms with Crippen LogP contribution >= 0.6 is 0 Å². The summed E-state index contributed by atoms with van der Waals surface area (Å²) in [7, 11) is 0. The summed E-state index contributed by atoms with van der Waals surface area (Å²) in [5, 5.41) is 11.0. The molecule has 1 aliphatic rings. The quantitative estimate of drug-likeness (QED) is 0.0775. The zero-order valence-corrected chi connectivity index (χ0v) is 25.9. The lowest BCUT2D eigenvalue weighted by molar-refractivity contribution is -0.142. The van der Waals surface area contributed by atoms with Gasteiger partial charge in [-0.15, -0.1) is 0 Å². The summed E-state index contributed by atoms with van der Waals surface area (Å²) in [5.41, 5.74) is 0.645. The van der Waals surface area contributed by atoms with Gasteiger partial charge in [-0.2, -0.15) is 0 Å². The minimum atomic E-state index is -1.67. The van der Waals surface area contributed by atoms with Crippen LogP contribution in [0.3, 0.4) is 0 Å². The second kappa shape index (κ2) is 14.0. The van der Waals surface area contributed by atoms with Crippen LogP contribution in [0.2, 0.25) is 0 Å². The summed E-state index contributed by atoms with van der Waals surface area (Å²) >= 11 is 0. The number of aromatic nitrogens is 3. The Morgan fingerprint density at radius 2 is 1.55 bits per heavy atom. The Balaban J connectivity index is 1.20. The molecule has 0 radical (unpaired) electrons. The molecule has 49 heavy (non-hydrogen) atoms. The predicted octanol–water partition coefficient (Wildman–Crippen LogP) is 5.05. The third kappa shape index (κ3) is 7.15. The van der Waals surface area contributed by atoms with E-state index >= 15 is 0 Å². The first kappa shape index (κ1) is 32.9. The topological polar surface area (TPSA) is 101 Å². The maximum absolute atomic E-state index is 14.5. The summed E-state index contributed by atoms with van der Waals surface area (Å²) in [5.74, 6) is -7.89. The van der Waals surface area contributed by atoms with Crippen molar-refractivity contribution < 1.29 is 32.3 Å². The molecular formula is C36H29F4N5O4. The fourth-order valence-corrected chi connectivity index (χ4v) is 5.66. The lowest BCUT2D eigenvalue weighted by Gasteiger charge is -2.35. The molecule has 0 aliphatic carbocycles. The summed E-state index contributed by atoms with van der Waals surface area (Å²) in [6.45, 7) is 1.05. The lowest BCUT2D eigenvalue weighted by Crippen LogP contribution is -2.50. The van der Waals surface area contributed by atoms with Crippen molar-refractivity contribution in [2.75, 3.05) is 31.1 Å². The number of hydrogen-bond donors (Lipinski definition) is 1. The Kier molecular flexibility index (Phi) is 9.42. The number of piperazine rings is 1. The highest BCUT2D eigenvalue weighted by atomic mass is 19.2. The van der Waals surface area contributed by atoms with Crippen LogP contribution in [-0.2, 0) is 22.6 Å². The second-order valence-corrected chi connectivity index (χ2v) is 11.5. The molecule has 0 saturated carbocycles. The highest BCUT2D eigenvalue weighted by Gasteiger charge is 2.26. The van der Waals surface area contributed by atoms with Crippen LogP contribution in [0.5, 0.6) is 0 Å². The molecule has 0 spiro atoms. The van der Waals surface area contributed by atoms with Gasteiger partial charge in [-0.3, -0.25) is 14.4 Å². The van der Waals surface area contributed by atoms with Crippen molar-refractivity contribution in [2.24, 2.45) is 0 Å². The first-order chi connectivity index (χ1) is 23.6. The van der Waals surface area contributed by atoms with E-state index in [1.54, 1.807) is 18.6 Å². The van der Waals surface area contributed by atoms with E-state index in [0.29, 0.717) is 19.2 Å². The van der Waals surface area contributed by atoms with Crippen molar-refractivity contribution in [3.8, 4) is 5.69 Å². The van der Waals surface area contributed by atoms with Gasteiger partial charge in [0.1, 0.15) is 11.6 Å². The van der Waals surface area contributed by atoms with Crippen molar-refractivity contribution >= 4 is 23.1 Å². The number of aliphatic hydroxyl groups excluding tert-OH is 1. The van der Waals surface area contributed by atoms with E-state index in [1.165, 1.54) is 29.3 Å². The minimum Gasteiger partial charge on any atom is -0.507 e. The number of nitrogens with zero attached hydrogens (tertiary/aromatic N) is 5. The average molecular weight is 672 g/mol. The molecule has 3 heterocycles. The van der Waals surface area contributed by atoms with Crippen LogP contribution < -0.4 is 10.5 Å². The molecule has 1 amide bonds. The molecule has 250 valence electrons. The number of imidazole rings is 1. The monoisotopic (exact) mass is 671 g/mol. The third-order valence-electron chi connectivity index (χ3n) is 8.29. The molecule has 2 aromatic heterocycles. The van der Waals surface area contributed by atoms with Gasteiger partial charge in [0.05, 0.1) is 18.4 Å². The van der Waals surface area contributed by atoms with Gasteiger partial charge in [-0.1, -0.05) is 24.3 Å². The van der Waals surface area contributed by atoms with Crippen LogP contribution in [0.1, 0.15) is 22.3 Å². The van der Waals surface area contributed by atoms with Crippen LogP contribution in [0.15, 0.2) is 103 Å². The van der Waals surface area contributed by atoms with Crippen molar-refractivity contribution in [1.82, 2.24) is 19.0 Å². The zero-order valence-electron chi connectivity index (χ0n) is 25.9. The Labute approximate surface area is 277 Å². The molecule has 5 aromatic rings. The largest absolute Gasteiger partial charge is 0.507 e. The van der Waals surface area contributed by atoms with Crippen LogP contribution in [0, 0.1) is 23.3 Å². The van der Waals surface area contributed by atoms with E-state index < -0.39 is 51.8 Å². The van der Waals surface area contributed by atoms with Gasteiger partial charge < -0.3 is 24.0 Å². The maximum Gasteiger partial charge on any atom is 0.294 e. The molecule has 1 saturated heterocycles. The summed E-state index contributed by atoms with van der Waals surface area (Å²) in [6.07, 6.45) is 6.77. The molecule has 1 fully saturated rings. The molecule has 1 N–H and O–H groups in total. The SMILES string of the molecule is O=C(/C=C(/O)c1cc(Cc2ccc(F)c(F)c2F)cn(Cc2ccccc2F)c1=O)C(=O)N1CCN(c2ccc(-n3ccnc3)cc2)CC1. The van der Waals surface area contributed by atoms with Gasteiger partial charge in [0.2, 0.25) is 5.78 Å². The van der Waals surface area contributed by atoms with Gasteiger partial charge in [-0.05, 0) is 53.6 Å². The molecule has 0 unspecified atom stereocenters. The highest BCUT2D eigenvalue weighted by Crippen LogP contribution is 2.22. The first-order valence-electron chi connectivity index (χ1n) is 15.3. The number of hydrogen-bond acceptors (Lipinski definition) is 6. The fraction of sp³-hybridized carbons (Fsp3) is 0.167. The maximum atomic E-state index is 14.5. The summed E-state index contributed by atoms with van der Waals surface area (Å²) < 4.78 is 59.4. The molecule has 9 nitrogen and oxygen atoms in total. The van der Waals surface area contributed by atoms with Crippen molar-refractivity contribution in [2.45, 2.75) is 13.0 Å². The smallest absolute Gasteiger partial charge is 0.294 e. The summed E-state index contributed by atoms with van der Waals surface area (Å²) in [6, 6.07) is 16.4. The number of halogens is 4. The molecular weight excluding hydrogens is 642 g/mol. The van der Waals surface area contributed by atoms with E-state index in [1.807, 2.05) is 35.0 Å². The molecule has 0 atom stereocenters. The Morgan fingerprint density at radius 1 is 0.837 bits per heavy atom. The standard InChI is InChI=1S/C36H29F4N5O4/c37-29-4-2-1-3-25(29)21-45-20-23(17-24-5-10-30(38)34(40)33(24)39)18-28(35(45)48)31(46)19-32(47)36(49)43-15-13-42(14-16-43)26-6-8-27(9-7-26)44-12-11-41-22-44/h1-12,18-20,22,46H,13-17,21H2/b31-19+. The van der Waals surface area contributed by atoms with Crippen LogP contribution in [0.4, 0.5) is 23.2 Å². The van der Waals surface area contributed by atoms with Gasteiger partial charge in [0.15, 0.2) is 17.5 Å². The van der Waals surface area contributed by atoms with Gasteiger partial charge in [0.25, 0.3) is 11.5 Å². The van der Waals surface area contributed by atoms with E-state index in [2.05, 4.69) is 9.88 Å². The molecule has 6 rings (SSSR count). The van der Waals surface area contributed by atoms with Gasteiger partial charge in [0, 0.05) is 74.2 Å². The number of amides is 1. The van der Waals surface area contributed by atoms with E-state index in [9.17, 15) is 37.1 Å². The van der Waals surface area contributed by atoms with Crippen molar-refractivity contribution in [1.29, 1.82) is 0 Å². The van der Waals surface area contributed by atoms with E-state index in [4.69, 9.17) is 0 Å². The molecule has 1 aliphatic heterocycles.